The fraction of sp³-hybridized carbons (Fsp3) is 0.143. The Bertz CT molecular complexity index is 504. The van der Waals surface area contributed by atoms with Gasteiger partial charge in [0.1, 0.15) is 0 Å². The van der Waals surface area contributed by atoms with Crippen LogP contribution in [0.2, 0.25) is 10.0 Å². The Labute approximate surface area is 106 Å². The van der Waals surface area contributed by atoms with Gasteiger partial charge in [0.05, 0.1) is 10.0 Å². The highest BCUT2D eigenvalue weighted by atomic mass is 35.5. The highest BCUT2D eigenvalue weighted by Crippen LogP contribution is 2.33. The van der Waals surface area contributed by atoms with Crippen molar-refractivity contribution in [3.63, 3.8) is 0 Å². The first-order chi connectivity index (χ1) is 7.72. The summed E-state index contributed by atoms with van der Waals surface area (Å²) in [5.41, 5.74) is 3.41. The summed E-state index contributed by atoms with van der Waals surface area (Å²) in [4.78, 5) is 0. The van der Waals surface area contributed by atoms with Crippen LogP contribution in [0.3, 0.4) is 0 Å². The average molecular weight is 251 g/mol. The molecule has 0 amide bonds. The van der Waals surface area contributed by atoms with E-state index in [0.29, 0.717) is 10.0 Å². The molecule has 0 spiro atoms. The van der Waals surface area contributed by atoms with Gasteiger partial charge in [0.25, 0.3) is 0 Å². The zero-order valence-electron chi connectivity index (χ0n) is 9.00. The van der Waals surface area contributed by atoms with Crippen LogP contribution < -0.4 is 0 Å². The number of hydrogen-bond acceptors (Lipinski definition) is 0. The van der Waals surface area contributed by atoms with Crippen LogP contribution in [0, 0.1) is 0 Å². The zero-order chi connectivity index (χ0) is 11.5. The molecule has 82 valence electrons. The molecule has 0 aromatic heterocycles. The van der Waals surface area contributed by atoms with E-state index in [1.165, 1.54) is 5.56 Å². The van der Waals surface area contributed by atoms with E-state index < -0.39 is 0 Å². The van der Waals surface area contributed by atoms with E-state index in [9.17, 15) is 0 Å². The average Bonchev–Trinajstić information content (AvgIpc) is 2.33. The van der Waals surface area contributed by atoms with Crippen LogP contribution in [0.1, 0.15) is 12.5 Å². The van der Waals surface area contributed by atoms with E-state index in [0.717, 1.165) is 17.5 Å². The molecule has 0 bridgehead atoms. The van der Waals surface area contributed by atoms with Gasteiger partial charge in [-0.25, -0.2) is 0 Å². The van der Waals surface area contributed by atoms with Crippen molar-refractivity contribution in [2.75, 3.05) is 0 Å². The molecule has 0 nitrogen and oxygen atoms in total. The minimum atomic E-state index is 0.598. The SMILES string of the molecule is CCc1cccc(-c2cccc(Cl)c2Cl)c1. The van der Waals surface area contributed by atoms with Crippen molar-refractivity contribution in [3.8, 4) is 11.1 Å². The topological polar surface area (TPSA) is 0 Å². The molecule has 0 aliphatic carbocycles. The van der Waals surface area contributed by atoms with Gasteiger partial charge in [0, 0.05) is 5.56 Å². The first-order valence-electron chi connectivity index (χ1n) is 5.25. The third kappa shape index (κ3) is 2.23. The van der Waals surface area contributed by atoms with Crippen molar-refractivity contribution in [1.29, 1.82) is 0 Å². The normalized spacial score (nSPS) is 10.4. The Hall–Kier alpha value is -0.980. The Balaban J connectivity index is 2.54. The van der Waals surface area contributed by atoms with E-state index in [2.05, 4.69) is 25.1 Å². The van der Waals surface area contributed by atoms with Crippen molar-refractivity contribution in [3.05, 3.63) is 58.1 Å². The van der Waals surface area contributed by atoms with Crippen LogP contribution in [-0.4, -0.2) is 0 Å². The quantitative estimate of drug-likeness (QED) is 0.686. The fourth-order valence-corrected chi connectivity index (χ4v) is 2.10. The van der Waals surface area contributed by atoms with Crippen molar-refractivity contribution in [1.82, 2.24) is 0 Å². The molecule has 2 heteroatoms. The Morgan fingerprint density at radius 3 is 2.50 bits per heavy atom. The molecule has 2 rings (SSSR count). The van der Waals surface area contributed by atoms with Gasteiger partial charge >= 0.3 is 0 Å². The number of aryl methyl sites for hydroxylation is 1. The molecule has 0 radical (unpaired) electrons. The molecule has 0 N–H and O–H groups in total. The molecule has 2 aromatic carbocycles. The molecule has 0 aliphatic rings. The predicted molar refractivity (Wildman–Crippen MR) is 71.3 cm³/mol. The molecular formula is C14H12Cl2. The van der Waals surface area contributed by atoms with E-state index in [4.69, 9.17) is 23.2 Å². The molecule has 0 atom stereocenters. The first kappa shape index (κ1) is 11.5. The maximum Gasteiger partial charge on any atom is 0.0670 e. The molecule has 2 aromatic rings. The third-order valence-corrected chi connectivity index (χ3v) is 3.42. The maximum atomic E-state index is 6.19. The van der Waals surface area contributed by atoms with Crippen molar-refractivity contribution in [2.45, 2.75) is 13.3 Å². The zero-order valence-corrected chi connectivity index (χ0v) is 10.5. The summed E-state index contributed by atoms with van der Waals surface area (Å²) in [6, 6.07) is 14.1. The maximum absolute atomic E-state index is 6.19. The predicted octanol–water partition coefficient (Wildman–Crippen LogP) is 5.22. The van der Waals surface area contributed by atoms with E-state index >= 15 is 0 Å². The van der Waals surface area contributed by atoms with Crippen molar-refractivity contribution in [2.24, 2.45) is 0 Å². The summed E-state index contributed by atoms with van der Waals surface area (Å²) in [5.74, 6) is 0. The van der Waals surface area contributed by atoms with Gasteiger partial charge in [-0.3, -0.25) is 0 Å². The lowest BCUT2D eigenvalue weighted by molar-refractivity contribution is 1.14. The van der Waals surface area contributed by atoms with Crippen LogP contribution in [0.15, 0.2) is 42.5 Å². The van der Waals surface area contributed by atoms with Gasteiger partial charge in [-0.1, -0.05) is 66.5 Å². The summed E-state index contributed by atoms with van der Waals surface area (Å²) in [6.07, 6.45) is 1.02. The Morgan fingerprint density at radius 1 is 1.00 bits per heavy atom. The summed E-state index contributed by atoms with van der Waals surface area (Å²) < 4.78 is 0. The molecule has 0 saturated carbocycles. The van der Waals surface area contributed by atoms with Gasteiger partial charge < -0.3 is 0 Å². The molecule has 0 saturated heterocycles. The minimum absolute atomic E-state index is 0.598. The largest absolute Gasteiger partial charge is 0.0827 e. The molecule has 0 unspecified atom stereocenters. The lowest BCUT2D eigenvalue weighted by atomic mass is 10.0. The van der Waals surface area contributed by atoms with E-state index in [-0.39, 0.29) is 0 Å². The number of halogens is 2. The minimum Gasteiger partial charge on any atom is -0.0827 e. The standard InChI is InChI=1S/C14H12Cl2/c1-2-10-5-3-6-11(9-10)12-7-4-8-13(15)14(12)16/h3-9H,2H2,1H3. The van der Waals surface area contributed by atoms with Crippen LogP contribution in [0.25, 0.3) is 11.1 Å². The van der Waals surface area contributed by atoms with Crippen LogP contribution in [-0.2, 0) is 6.42 Å². The molecule has 0 fully saturated rings. The second-order valence-corrected chi connectivity index (χ2v) is 4.44. The monoisotopic (exact) mass is 250 g/mol. The third-order valence-electron chi connectivity index (χ3n) is 2.60. The fourth-order valence-electron chi connectivity index (χ4n) is 1.69. The van der Waals surface area contributed by atoms with Crippen LogP contribution in [0.5, 0.6) is 0 Å². The summed E-state index contributed by atoms with van der Waals surface area (Å²) in [7, 11) is 0. The number of rotatable bonds is 2. The summed E-state index contributed by atoms with van der Waals surface area (Å²) >= 11 is 12.2. The molecule has 0 heterocycles. The number of benzene rings is 2. The van der Waals surface area contributed by atoms with Gasteiger partial charge in [-0.2, -0.15) is 0 Å². The van der Waals surface area contributed by atoms with Gasteiger partial charge in [-0.05, 0) is 23.6 Å². The summed E-state index contributed by atoms with van der Waals surface area (Å²) in [6.45, 7) is 2.14. The molecule has 0 aliphatic heterocycles. The molecule has 16 heavy (non-hydrogen) atoms. The van der Waals surface area contributed by atoms with E-state index in [1.54, 1.807) is 6.07 Å². The van der Waals surface area contributed by atoms with Crippen molar-refractivity contribution >= 4 is 23.2 Å². The van der Waals surface area contributed by atoms with Crippen molar-refractivity contribution < 1.29 is 0 Å². The van der Waals surface area contributed by atoms with Gasteiger partial charge in [0.15, 0.2) is 0 Å². The summed E-state index contributed by atoms with van der Waals surface area (Å²) in [5, 5.41) is 1.22. The highest BCUT2D eigenvalue weighted by molar-refractivity contribution is 6.43. The Morgan fingerprint density at radius 2 is 1.75 bits per heavy atom. The lowest BCUT2D eigenvalue weighted by Crippen LogP contribution is -1.84. The highest BCUT2D eigenvalue weighted by Gasteiger charge is 2.06. The molecular weight excluding hydrogens is 239 g/mol. The van der Waals surface area contributed by atoms with E-state index in [1.807, 2.05) is 18.2 Å². The first-order valence-corrected chi connectivity index (χ1v) is 6.01. The lowest BCUT2D eigenvalue weighted by Gasteiger charge is -2.07. The van der Waals surface area contributed by atoms with Crippen LogP contribution in [0.4, 0.5) is 0 Å². The van der Waals surface area contributed by atoms with Gasteiger partial charge in [0.2, 0.25) is 0 Å². The smallest absolute Gasteiger partial charge is 0.0670 e. The second-order valence-electron chi connectivity index (χ2n) is 3.66. The number of hydrogen-bond donors (Lipinski definition) is 0. The van der Waals surface area contributed by atoms with Gasteiger partial charge in [-0.15, -0.1) is 0 Å². The van der Waals surface area contributed by atoms with Crippen LogP contribution >= 0.6 is 23.2 Å². The Kier molecular flexibility index (Phi) is 3.52. The second kappa shape index (κ2) is 4.90.